The zero-order chi connectivity index (χ0) is 79.4. The minimum absolute atomic E-state index is 0.0173. The van der Waals surface area contributed by atoms with Crippen molar-refractivity contribution in [1.82, 2.24) is 74.4 Å². The number of unbranched alkanes of at least 4 members (excludes halogenated alkanes) is 1. The van der Waals surface area contributed by atoms with E-state index in [2.05, 4.69) is 74.4 Å². The van der Waals surface area contributed by atoms with Crippen LogP contribution in [0.5, 0.6) is 0 Å². The molecule has 0 unspecified atom stereocenters. The molecule has 2 aliphatic rings. The van der Waals surface area contributed by atoms with Crippen LogP contribution in [-0.4, -0.2) is 181 Å². The minimum atomic E-state index is -1.78. The van der Waals surface area contributed by atoms with Crippen LogP contribution in [0.1, 0.15) is 141 Å². The molecule has 0 aliphatic carbocycles. The van der Waals surface area contributed by atoms with Crippen molar-refractivity contribution >= 4 is 99.4 Å². The molecular weight excluding hydrogens is 1400 g/mol. The molecule has 5 aromatic rings. The van der Waals surface area contributed by atoms with Crippen molar-refractivity contribution in [3.63, 3.8) is 0 Å². The maximum Gasteiger partial charge on any atom is 0.251 e. The number of guanidine groups is 1. The maximum absolute atomic E-state index is 15.3. The summed E-state index contributed by atoms with van der Waals surface area (Å²) in [7, 11) is 0. The molecule has 2 heterocycles. The van der Waals surface area contributed by atoms with Gasteiger partial charge >= 0.3 is 0 Å². The maximum atomic E-state index is 15.3. The number of amides is 14. The fraction of sp³-hybridized carbons (Fsp3) is 0.442. The molecule has 12 atom stereocenters. The van der Waals surface area contributed by atoms with Gasteiger partial charge in [-0.15, -0.1) is 0 Å². The average Bonchev–Trinajstić information content (AvgIpc) is 1.01. The lowest BCUT2D eigenvalue weighted by atomic mass is 9.95. The Morgan fingerprint density at radius 1 is 0.523 bits per heavy atom. The van der Waals surface area contributed by atoms with Crippen molar-refractivity contribution in [2.45, 2.75) is 179 Å². The van der Waals surface area contributed by atoms with Crippen molar-refractivity contribution in [1.29, 1.82) is 5.41 Å². The predicted molar refractivity (Wildman–Crippen MR) is 406 cm³/mol. The first-order valence-electron chi connectivity index (χ1n) is 36.7. The highest BCUT2D eigenvalue weighted by molar-refractivity contribution is 6.07. The summed E-state index contributed by atoms with van der Waals surface area (Å²) in [5, 5.41) is 46.7. The van der Waals surface area contributed by atoms with Crippen LogP contribution in [0.2, 0.25) is 0 Å². The second kappa shape index (κ2) is 41.3. The van der Waals surface area contributed by atoms with Gasteiger partial charge in [-0.2, -0.15) is 0 Å². The SMILES string of the molecule is CC[C@H](C)[C@@H]1NC(=O)[C@@H](Cc2cccc3ccccc23)NC(=O)c2cc3cc(c2)C(=O)NC[C@@H](C(=O)N[C@@H](CCCCN)C(N)=O)NC(=O)[C@@H](C)NC(=O)[C@@H](Cc2ccccc2)NC(=O)[C@H](CCCNC(=N)N)NC(=O)[C@H](C)NC(=O)[C@@H](CCCNC3=O)NC(=O)[C@@H](C(C)C)NC(=O)[C@@H](Cc2ccccc2)NC1=O. The van der Waals surface area contributed by atoms with E-state index in [0.29, 0.717) is 41.3 Å². The van der Waals surface area contributed by atoms with Gasteiger partial charge < -0.3 is 91.6 Å². The molecule has 0 aromatic heterocycles. The number of primary amides is 1. The summed E-state index contributed by atoms with van der Waals surface area (Å²) in [4.78, 5) is 205. The lowest BCUT2D eigenvalue weighted by Gasteiger charge is -2.30. The van der Waals surface area contributed by atoms with Crippen molar-refractivity contribution in [3.05, 3.63) is 155 Å². The molecule has 14 amide bonds. The van der Waals surface area contributed by atoms with E-state index in [1.54, 1.807) is 107 Å². The zero-order valence-electron chi connectivity index (χ0n) is 62.1. The van der Waals surface area contributed by atoms with E-state index < -0.39 is 168 Å². The topological polar surface area (TPSA) is 509 Å². The smallest absolute Gasteiger partial charge is 0.251 e. The summed E-state index contributed by atoms with van der Waals surface area (Å²) in [6.07, 6.45) is 0.138. The van der Waals surface area contributed by atoms with Crippen molar-refractivity contribution < 1.29 is 67.1 Å². The Kier molecular flexibility index (Phi) is 32.0. The van der Waals surface area contributed by atoms with Crippen LogP contribution < -0.4 is 91.6 Å². The highest BCUT2D eigenvalue weighted by Crippen LogP contribution is 2.22. The van der Waals surface area contributed by atoms with Gasteiger partial charge in [0.2, 0.25) is 65.0 Å². The Morgan fingerprint density at radius 3 is 1.63 bits per heavy atom. The number of carbonyl (C=O) groups excluding carboxylic acids is 14. The molecule has 0 saturated carbocycles. The van der Waals surface area contributed by atoms with E-state index >= 15 is 14.4 Å². The number of nitrogens with two attached hydrogens (primary N) is 3. The first kappa shape index (κ1) is 84.4. The summed E-state index contributed by atoms with van der Waals surface area (Å²) in [6, 6.07) is 16.7. The molecule has 21 N–H and O–H groups in total. The number of hydrogen-bond donors (Lipinski definition) is 18. The Morgan fingerprint density at radius 2 is 1.04 bits per heavy atom. The average molecular weight is 1500 g/mol. The lowest BCUT2D eigenvalue weighted by molar-refractivity contribution is -0.136. The molecule has 5 aromatic carbocycles. The highest BCUT2D eigenvalue weighted by atomic mass is 16.2. The number of benzene rings is 5. The fourth-order valence-corrected chi connectivity index (χ4v) is 12.4. The van der Waals surface area contributed by atoms with Gasteiger partial charge in [0.1, 0.15) is 66.5 Å². The van der Waals surface area contributed by atoms with Crippen LogP contribution in [-0.2, 0) is 72.0 Å². The van der Waals surface area contributed by atoms with Crippen LogP contribution in [0.4, 0.5) is 0 Å². The fourth-order valence-electron chi connectivity index (χ4n) is 12.4. The highest BCUT2D eigenvalue weighted by Gasteiger charge is 2.38. The van der Waals surface area contributed by atoms with Crippen molar-refractivity contribution in [3.8, 4) is 0 Å². The molecule has 584 valence electrons. The molecule has 0 fully saturated rings. The second-order valence-corrected chi connectivity index (χ2v) is 27.8. The predicted octanol–water partition coefficient (Wildman–Crippen LogP) is -0.599. The number of rotatable bonds is 20. The molecule has 0 spiro atoms. The summed E-state index contributed by atoms with van der Waals surface area (Å²) >= 11 is 0. The van der Waals surface area contributed by atoms with Crippen LogP contribution in [0.3, 0.4) is 0 Å². The van der Waals surface area contributed by atoms with Crippen LogP contribution in [0.25, 0.3) is 10.8 Å². The minimum Gasteiger partial charge on any atom is -0.370 e. The van der Waals surface area contributed by atoms with Gasteiger partial charge in [-0.25, -0.2) is 0 Å². The van der Waals surface area contributed by atoms with E-state index in [1.165, 1.54) is 13.8 Å². The van der Waals surface area contributed by atoms with E-state index in [1.807, 2.05) is 24.3 Å². The van der Waals surface area contributed by atoms with Crippen LogP contribution in [0, 0.1) is 17.2 Å². The summed E-state index contributed by atoms with van der Waals surface area (Å²) < 4.78 is 0. The third-order valence-corrected chi connectivity index (χ3v) is 18.9. The quantitative estimate of drug-likeness (QED) is 0.0263. The largest absolute Gasteiger partial charge is 0.370 e. The number of hydrogen-bond acceptors (Lipinski definition) is 16. The Balaban J connectivity index is 1.39. The summed E-state index contributed by atoms with van der Waals surface area (Å²) in [5.74, 6) is -14.8. The molecule has 7 rings (SSSR count). The van der Waals surface area contributed by atoms with Crippen LogP contribution in [0.15, 0.2) is 121 Å². The monoisotopic (exact) mass is 1500 g/mol. The third-order valence-electron chi connectivity index (χ3n) is 18.9. The second-order valence-electron chi connectivity index (χ2n) is 27.8. The van der Waals surface area contributed by atoms with Gasteiger partial charge in [-0.1, -0.05) is 137 Å². The Bertz CT molecular complexity index is 4100. The van der Waals surface area contributed by atoms with E-state index in [9.17, 15) is 52.7 Å². The van der Waals surface area contributed by atoms with Crippen LogP contribution >= 0.6 is 0 Å². The summed E-state index contributed by atoms with van der Waals surface area (Å²) in [6.45, 7) is 8.53. The number of fused-ring (bicyclic) bond motifs is 8. The summed E-state index contributed by atoms with van der Waals surface area (Å²) in [5.41, 5.74) is 17.7. The van der Waals surface area contributed by atoms with Crippen molar-refractivity contribution in [2.24, 2.45) is 29.0 Å². The standard InChI is InChI=1S/C77H102N18O14/c1-7-43(4)62-76(109)92-58(36-47-23-12-9-13-24-47)72(105)94-61(42(2)3)75(108)89-55-30-19-33-82-66(99)50-37-51(39-52(38-50)68(101)90-59(73(106)95-62)40-49-27-18-26-48-25-14-15-28-53(48)49)67(100)84-41-60(74(107)87-54(63(79)96)29-16-17-32-78)93-65(98)45(6)86-71(104)57(35-46-21-10-8-11-22-46)91-70(103)56(31-20-34-83-77(80)81)88-64(97)44(5)85-69(55)102/h8-15,18,21-28,37-39,42-45,54-62H,7,16-17,19-20,29-36,40-41,78H2,1-6H3,(H2,79,96)(H,82,99)(H,84,100)(H,85,102)(H,86,104)(H,87,107)(H,88,97)(H,89,108)(H,90,101)(H,91,103)(H,92,109)(H,93,98)(H,94,105)(H,95,106)(H4,80,81,83)/t43-,44-,45+,54-,55+,56-,57+,58+,59+,60-,61+,62-/m0/s1. The van der Waals surface area contributed by atoms with Gasteiger partial charge in [-0.05, 0) is 123 Å². The molecule has 32 heteroatoms. The Hall–Kier alpha value is -11.8. The zero-order valence-corrected chi connectivity index (χ0v) is 62.1. The molecule has 32 nitrogen and oxygen atoms in total. The number of nitrogens with one attached hydrogen (secondary N) is 15. The molecule has 109 heavy (non-hydrogen) atoms. The van der Waals surface area contributed by atoms with Gasteiger partial charge in [0.15, 0.2) is 5.96 Å². The molecule has 0 radical (unpaired) electrons. The van der Waals surface area contributed by atoms with E-state index in [-0.39, 0.29) is 93.7 Å². The van der Waals surface area contributed by atoms with Gasteiger partial charge in [0.25, 0.3) is 17.7 Å². The normalized spacial score (nSPS) is 22.9. The first-order valence-corrected chi connectivity index (χ1v) is 36.7. The lowest BCUT2D eigenvalue weighted by Crippen LogP contribution is -2.62. The van der Waals surface area contributed by atoms with Gasteiger partial charge in [0.05, 0.1) is 0 Å². The van der Waals surface area contributed by atoms with Crippen molar-refractivity contribution in [2.75, 3.05) is 26.2 Å². The molecule has 0 saturated heterocycles. The Labute approximate surface area is 632 Å². The van der Waals surface area contributed by atoms with Gasteiger partial charge in [-0.3, -0.25) is 72.5 Å². The molecule has 2 aliphatic heterocycles. The van der Waals surface area contributed by atoms with Gasteiger partial charge in [0, 0.05) is 55.6 Å². The number of carbonyl (C=O) groups is 14. The van der Waals surface area contributed by atoms with E-state index in [4.69, 9.17) is 22.6 Å². The molecular formula is C77H102N18O14. The first-order chi connectivity index (χ1) is 52.0. The third kappa shape index (κ3) is 25.4. The molecule has 4 bridgehead atoms. The van der Waals surface area contributed by atoms with E-state index in [0.717, 1.165) is 23.6 Å².